The molecular weight excluding hydrogens is 244 g/mol. The second-order valence-corrected chi connectivity index (χ2v) is 3.77. The Balaban J connectivity index is 2.61. The summed E-state index contributed by atoms with van der Waals surface area (Å²) in [6.07, 6.45) is 0.0166. The predicted octanol–water partition coefficient (Wildman–Crippen LogP) is 1.34. The SMILES string of the molecule is NCOC(=O)CCC(=O)c1ccc(Cl)cc1N. The fourth-order valence-electron chi connectivity index (χ4n) is 1.30. The first-order valence-corrected chi connectivity index (χ1v) is 5.36. The Labute approximate surface area is 104 Å². The number of ether oxygens (including phenoxy) is 1. The van der Waals surface area contributed by atoms with Gasteiger partial charge in [-0.2, -0.15) is 0 Å². The third-order valence-corrected chi connectivity index (χ3v) is 2.35. The number of nitrogens with two attached hydrogens (primary N) is 2. The number of carbonyl (C=O) groups excluding carboxylic acids is 2. The quantitative estimate of drug-likeness (QED) is 0.359. The summed E-state index contributed by atoms with van der Waals surface area (Å²) in [4.78, 5) is 22.7. The maximum atomic E-state index is 11.7. The Bertz CT molecular complexity index is 435. The van der Waals surface area contributed by atoms with E-state index in [4.69, 9.17) is 23.1 Å². The smallest absolute Gasteiger partial charge is 0.307 e. The van der Waals surface area contributed by atoms with Gasteiger partial charge in [0.2, 0.25) is 0 Å². The Morgan fingerprint density at radius 1 is 1.29 bits per heavy atom. The lowest BCUT2D eigenvalue weighted by Gasteiger charge is -2.05. The lowest BCUT2D eigenvalue weighted by molar-refractivity contribution is -0.143. The molecule has 0 aliphatic heterocycles. The van der Waals surface area contributed by atoms with Crippen molar-refractivity contribution in [1.82, 2.24) is 0 Å². The third kappa shape index (κ3) is 4.05. The molecule has 5 nitrogen and oxygen atoms in total. The fourth-order valence-corrected chi connectivity index (χ4v) is 1.48. The lowest BCUT2D eigenvalue weighted by atomic mass is 10.0. The van der Waals surface area contributed by atoms with E-state index in [1.807, 2.05) is 0 Å². The maximum absolute atomic E-state index is 11.7. The molecule has 0 atom stereocenters. The minimum absolute atomic E-state index is 0.0158. The van der Waals surface area contributed by atoms with Crippen LogP contribution in [0.5, 0.6) is 0 Å². The van der Waals surface area contributed by atoms with Crippen LogP contribution in [0.3, 0.4) is 0 Å². The van der Waals surface area contributed by atoms with Crippen LogP contribution in [0, 0.1) is 0 Å². The van der Waals surface area contributed by atoms with Gasteiger partial charge in [0.15, 0.2) is 5.78 Å². The van der Waals surface area contributed by atoms with E-state index in [0.29, 0.717) is 16.3 Å². The van der Waals surface area contributed by atoms with Crippen molar-refractivity contribution in [3.8, 4) is 0 Å². The van der Waals surface area contributed by atoms with E-state index in [9.17, 15) is 9.59 Å². The van der Waals surface area contributed by atoms with Crippen LogP contribution in [0.1, 0.15) is 23.2 Å². The average Bonchev–Trinajstić information content (AvgIpc) is 2.26. The van der Waals surface area contributed by atoms with Gasteiger partial charge in [-0.3, -0.25) is 15.3 Å². The Morgan fingerprint density at radius 2 is 2.00 bits per heavy atom. The van der Waals surface area contributed by atoms with Crippen LogP contribution in [0.4, 0.5) is 5.69 Å². The molecule has 0 bridgehead atoms. The lowest BCUT2D eigenvalue weighted by Crippen LogP contribution is -2.13. The van der Waals surface area contributed by atoms with Crippen molar-refractivity contribution in [3.05, 3.63) is 28.8 Å². The number of hydrogen-bond donors (Lipinski definition) is 2. The fraction of sp³-hybridized carbons (Fsp3) is 0.273. The van der Waals surface area contributed by atoms with Gasteiger partial charge in [0.1, 0.15) is 6.73 Å². The molecule has 6 heteroatoms. The molecular formula is C11H13ClN2O3. The molecule has 1 aromatic carbocycles. The largest absolute Gasteiger partial charge is 0.450 e. The van der Waals surface area contributed by atoms with Crippen molar-refractivity contribution in [2.75, 3.05) is 12.5 Å². The van der Waals surface area contributed by atoms with Gasteiger partial charge in [-0.15, -0.1) is 0 Å². The molecule has 0 aliphatic rings. The molecule has 0 aromatic heterocycles. The van der Waals surface area contributed by atoms with Crippen molar-refractivity contribution < 1.29 is 14.3 Å². The molecule has 1 aromatic rings. The normalized spacial score (nSPS) is 10.0. The van der Waals surface area contributed by atoms with Crippen LogP contribution in [0.25, 0.3) is 0 Å². The molecule has 17 heavy (non-hydrogen) atoms. The summed E-state index contributed by atoms with van der Waals surface area (Å²) < 4.78 is 4.51. The molecule has 0 fully saturated rings. The van der Waals surface area contributed by atoms with Crippen LogP contribution in [0.15, 0.2) is 18.2 Å². The average molecular weight is 257 g/mol. The van der Waals surface area contributed by atoms with Crippen molar-refractivity contribution in [2.24, 2.45) is 5.73 Å². The van der Waals surface area contributed by atoms with Crippen molar-refractivity contribution in [1.29, 1.82) is 0 Å². The summed E-state index contributed by atoms with van der Waals surface area (Å²) in [5.74, 6) is -0.735. The number of halogens is 1. The maximum Gasteiger partial charge on any atom is 0.307 e. The topological polar surface area (TPSA) is 95.4 Å². The van der Waals surface area contributed by atoms with Gasteiger partial charge in [0.05, 0.1) is 6.42 Å². The summed E-state index contributed by atoms with van der Waals surface area (Å²) in [5, 5.41) is 0.460. The second-order valence-electron chi connectivity index (χ2n) is 3.34. The van der Waals surface area contributed by atoms with Gasteiger partial charge in [0.25, 0.3) is 0 Å². The highest BCUT2D eigenvalue weighted by Crippen LogP contribution is 2.19. The van der Waals surface area contributed by atoms with Crippen molar-refractivity contribution >= 4 is 29.0 Å². The zero-order valence-corrected chi connectivity index (χ0v) is 9.87. The van der Waals surface area contributed by atoms with Gasteiger partial charge >= 0.3 is 5.97 Å². The Morgan fingerprint density at radius 3 is 2.59 bits per heavy atom. The molecule has 0 amide bonds. The first-order chi connectivity index (χ1) is 8.04. The number of hydrogen-bond acceptors (Lipinski definition) is 5. The van der Waals surface area contributed by atoms with Gasteiger partial charge in [-0.25, -0.2) is 0 Å². The van der Waals surface area contributed by atoms with Gasteiger partial charge in [0, 0.05) is 22.7 Å². The van der Waals surface area contributed by atoms with Crippen LogP contribution >= 0.6 is 11.6 Å². The Hall–Kier alpha value is -1.59. The number of Topliss-reactive ketones (excluding diaryl/α,β-unsaturated/α-hetero) is 1. The summed E-state index contributed by atoms with van der Waals surface area (Å²) >= 11 is 5.71. The van der Waals surface area contributed by atoms with Gasteiger partial charge < -0.3 is 10.5 Å². The Kier molecular flexibility index (Phi) is 4.93. The molecule has 0 spiro atoms. The van der Waals surface area contributed by atoms with Gasteiger partial charge in [-0.05, 0) is 18.2 Å². The van der Waals surface area contributed by atoms with Gasteiger partial charge in [-0.1, -0.05) is 11.6 Å². The van der Waals surface area contributed by atoms with Crippen LogP contribution in [-0.4, -0.2) is 18.5 Å². The molecule has 0 radical (unpaired) electrons. The molecule has 4 N–H and O–H groups in total. The van der Waals surface area contributed by atoms with E-state index in [0.717, 1.165) is 0 Å². The molecule has 0 unspecified atom stereocenters. The number of rotatable bonds is 5. The van der Waals surface area contributed by atoms with Crippen LogP contribution in [0.2, 0.25) is 5.02 Å². The minimum Gasteiger partial charge on any atom is -0.450 e. The van der Waals surface area contributed by atoms with E-state index in [1.54, 1.807) is 6.07 Å². The number of benzene rings is 1. The zero-order valence-electron chi connectivity index (χ0n) is 9.11. The molecule has 92 valence electrons. The molecule has 0 saturated heterocycles. The molecule has 0 saturated carbocycles. The first-order valence-electron chi connectivity index (χ1n) is 4.98. The molecule has 0 heterocycles. The highest BCUT2D eigenvalue weighted by atomic mass is 35.5. The highest BCUT2D eigenvalue weighted by molar-refractivity contribution is 6.31. The summed E-state index contributed by atoms with van der Waals surface area (Å²) in [6, 6.07) is 4.60. The standard InChI is InChI=1S/C11H13ClN2O3/c12-7-1-2-8(9(14)5-7)10(15)3-4-11(16)17-6-13/h1-2,5H,3-4,6,13-14H2. The number of ketones is 1. The van der Waals surface area contributed by atoms with E-state index in [2.05, 4.69) is 4.74 Å². The second kappa shape index (κ2) is 6.22. The van der Waals surface area contributed by atoms with Crippen molar-refractivity contribution in [3.63, 3.8) is 0 Å². The number of esters is 1. The van der Waals surface area contributed by atoms with Crippen molar-refractivity contribution in [2.45, 2.75) is 12.8 Å². The third-order valence-electron chi connectivity index (χ3n) is 2.11. The molecule has 1 rings (SSSR count). The van der Waals surface area contributed by atoms with Crippen LogP contribution < -0.4 is 11.5 Å². The molecule has 0 aliphatic carbocycles. The highest BCUT2D eigenvalue weighted by Gasteiger charge is 2.12. The summed E-state index contributed by atoms with van der Waals surface area (Å²) in [5.41, 5.74) is 11.3. The summed E-state index contributed by atoms with van der Waals surface area (Å²) in [6.45, 7) is -0.184. The van der Waals surface area contributed by atoms with Crippen LogP contribution in [-0.2, 0) is 9.53 Å². The monoisotopic (exact) mass is 256 g/mol. The zero-order chi connectivity index (χ0) is 12.8. The number of anilines is 1. The number of nitrogen functional groups attached to an aromatic ring is 1. The minimum atomic E-state index is -0.506. The van der Waals surface area contributed by atoms with E-state index in [-0.39, 0.29) is 25.4 Å². The summed E-state index contributed by atoms with van der Waals surface area (Å²) in [7, 11) is 0. The van der Waals surface area contributed by atoms with E-state index < -0.39 is 5.97 Å². The predicted molar refractivity (Wildman–Crippen MR) is 64.6 cm³/mol. The first kappa shape index (κ1) is 13.5. The van der Waals surface area contributed by atoms with E-state index >= 15 is 0 Å². The number of carbonyl (C=O) groups is 2. The van der Waals surface area contributed by atoms with E-state index in [1.165, 1.54) is 12.1 Å².